The van der Waals surface area contributed by atoms with Crippen LogP contribution in [0.25, 0.3) is 0 Å². The average molecular weight is 313 g/mol. The van der Waals surface area contributed by atoms with Crippen LogP contribution in [0.15, 0.2) is 41.6 Å². The Morgan fingerprint density at radius 1 is 1.19 bits per heavy atom. The predicted octanol–water partition coefficient (Wildman–Crippen LogP) is 1.26. The normalized spacial score (nSPS) is 11.1. The van der Waals surface area contributed by atoms with Crippen LogP contribution >= 0.6 is 0 Å². The number of aromatic nitrogens is 1. The molecule has 9 heteroatoms. The number of amides is 1. The first-order chi connectivity index (χ1) is 9.81. The van der Waals surface area contributed by atoms with Gasteiger partial charge in [-0.05, 0) is 30.3 Å². The molecule has 0 fully saturated rings. The monoisotopic (exact) mass is 313 g/mol. The van der Waals surface area contributed by atoms with Gasteiger partial charge in [0.25, 0.3) is 10.0 Å². The lowest BCUT2D eigenvalue weighted by atomic mass is 10.2. The number of primary amides is 1. The number of carbonyl (C=O) groups excluding carboxylic acids is 1. The summed E-state index contributed by atoms with van der Waals surface area (Å²) in [5.74, 6) is -2.89. The number of halogens is 2. The molecule has 1 amide bonds. The van der Waals surface area contributed by atoms with Gasteiger partial charge in [0.1, 0.15) is 5.82 Å². The summed E-state index contributed by atoms with van der Waals surface area (Å²) >= 11 is 0. The molecule has 2 aromatic rings. The van der Waals surface area contributed by atoms with Crippen LogP contribution in [0.2, 0.25) is 0 Å². The molecule has 0 unspecified atom stereocenters. The molecule has 1 aromatic heterocycles. The first-order valence-electron chi connectivity index (χ1n) is 5.54. The van der Waals surface area contributed by atoms with Crippen molar-refractivity contribution >= 4 is 21.6 Å². The minimum absolute atomic E-state index is 0.101. The number of nitrogens with two attached hydrogens (primary N) is 1. The molecule has 0 bridgehead atoms. The van der Waals surface area contributed by atoms with Crippen LogP contribution in [0.3, 0.4) is 0 Å². The van der Waals surface area contributed by atoms with E-state index in [1.54, 1.807) is 0 Å². The molecule has 0 saturated carbocycles. The van der Waals surface area contributed by atoms with Crippen molar-refractivity contribution in [3.63, 3.8) is 0 Å². The van der Waals surface area contributed by atoms with Crippen molar-refractivity contribution in [2.24, 2.45) is 5.73 Å². The van der Waals surface area contributed by atoms with Gasteiger partial charge in [-0.25, -0.2) is 13.8 Å². The quantitative estimate of drug-likeness (QED) is 0.887. The average Bonchev–Trinajstić information content (AvgIpc) is 2.41. The molecule has 1 aromatic carbocycles. The molecule has 1 heterocycles. The van der Waals surface area contributed by atoms with Crippen molar-refractivity contribution in [1.82, 2.24) is 4.98 Å². The fourth-order valence-corrected chi connectivity index (χ4v) is 2.59. The summed E-state index contributed by atoms with van der Waals surface area (Å²) in [6.07, 6.45) is 1.08. The van der Waals surface area contributed by atoms with Crippen LogP contribution in [-0.2, 0) is 10.0 Å². The summed E-state index contributed by atoms with van der Waals surface area (Å²) in [7, 11) is -4.44. The smallest absolute Gasteiger partial charge is 0.282 e. The molecule has 0 aliphatic rings. The molecule has 0 aliphatic carbocycles. The first kappa shape index (κ1) is 14.9. The van der Waals surface area contributed by atoms with E-state index in [0.717, 1.165) is 30.5 Å². The van der Waals surface area contributed by atoms with E-state index in [1.165, 1.54) is 6.07 Å². The molecule has 0 aliphatic heterocycles. The number of carbonyl (C=O) groups is 1. The fraction of sp³-hybridized carbons (Fsp3) is 0. The van der Waals surface area contributed by atoms with Crippen LogP contribution in [0.5, 0.6) is 0 Å². The zero-order valence-corrected chi connectivity index (χ0v) is 11.2. The van der Waals surface area contributed by atoms with Gasteiger partial charge >= 0.3 is 0 Å². The van der Waals surface area contributed by atoms with E-state index in [2.05, 4.69) is 4.98 Å². The summed E-state index contributed by atoms with van der Waals surface area (Å²) in [5, 5.41) is -0.881. The van der Waals surface area contributed by atoms with Crippen molar-refractivity contribution in [1.29, 1.82) is 0 Å². The van der Waals surface area contributed by atoms with Gasteiger partial charge < -0.3 is 5.73 Å². The van der Waals surface area contributed by atoms with Crippen LogP contribution in [-0.4, -0.2) is 19.3 Å². The molecule has 0 spiro atoms. The van der Waals surface area contributed by atoms with Gasteiger partial charge in [0.05, 0.1) is 5.69 Å². The summed E-state index contributed by atoms with van der Waals surface area (Å²) in [4.78, 5) is 14.4. The Morgan fingerprint density at radius 2 is 1.90 bits per heavy atom. The van der Waals surface area contributed by atoms with Crippen molar-refractivity contribution in [3.05, 3.63) is 53.7 Å². The Kier molecular flexibility index (Phi) is 3.85. The van der Waals surface area contributed by atoms with Crippen LogP contribution in [0, 0.1) is 11.6 Å². The molecule has 6 nitrogen and oxygen atoms in total. The van der Waals surface area contributed by atoms with E-state index >= 15 is 0 Å². The van der Waals surface area contributed by atoms with Gasteiger partial charge in [-0.15, -0.1) is 0 Å². The Bertz CT molecular complexity index is 809. The van der Waals surface area contributed by atoms with E-state index in [-0.39, 0.29) is 5.56 Å². The van der Waals surface area contributed by atoms with Gasteiger partial charge in [0.2, 0.25) is 10.9 Å². The second-order valence-corrected chi connectivity index (χ2v) is 5.55. The molecule has 21 heavy (non-hydrogen) atoms. The van der Waals surface area contributed by atoms with Crippen LogP contribution in [0.4, 0.5) is 14.5 Å². The summed E-state index contributed by atoms with van der Waals surface area (Å²) < 4.78 is 52.8. The lowest BCUT2D eigenvalue weighted by molar-refractivity contribution is 0.100. The first-order valence-corrected chi connectivity index (χ1v) is 7.02. The predicted molar refractivity (Wildman–Crippen MR) is 69.9 cm³/mol. The highest BCUT2D eigenvalue weighted by Crippen LogP contribution is 2.20. The Labute approximate surface area is 118 Å². The van der Waals surface area contributed by atoms with E-state index < -0.39 is 38.3 Å². The maximum absolute atomic E-state index is 13.6. The second-order valence-electron chi connectivity index (χ2n) is 3.95. The number of anilines is 1. The zero-order chi connectivity index (χ0) is 15.6. The number of hydrogen-bond acceptors (Lipinski definition) is 4. The highest BCUT2D eigenvalue weighted by molar-refractivity contribution is 7.92. The fourth-order valence-electron chi connectivity index (χ4n) is 1.52. The lowest BCUT2D eigenvalue weighted by Gasteiger charge is -2.09. The van der Waals surface area contributed by atoms with Gasteiger partial charge in [0, 0.05) is 11.8 Å². The standard InChI is InChI=1S/C12H9F2N3O3S/c13-8-4-3-7(11(15)18)6-10(8)17-21(19,20)12-9(14)2-1-5-16-12/h1-6,17H,(H2,15,18). The van der Waals surface area contributed by atoms with E-state index in [0.29, 0.717) is 0 Å². The SMILES string of the molecule is NC(=O)c1ccc(F)c(NS(=O)(=O)c2ncccc2F)c1. The van der Waals surface area contributed by atoms with Gasteiger partial charge in [0.15, 0.2) is 5.82 Å². The topological polar surface area (TPSA) is 102 Å². The lowest BCUT2D eigenvalue weighted by Crippen LogP contribution is -2.18. The van der Waals surface area contributed by atoms with Gasteiger partial charge in [-0.2, -0.15) is 8.42 Å². The molecule has 0 atom stereocenters. The van der Waals surface area contributed by atoms with Gasteiger partial charge in [-0.1, -0.05) is 0 Å². The third-order valence-corrected chi connectivity index (χ3v) is 3.77. The van der Waals surface area contributed by atoms with Crippen molar-refractivity contribution in [2.45, 2.75) is 5.03 Å². The Balaban J connectivity index is 2.44. The van der Waals surface area contributed by atoms with Crippen LogP contribution < -0.4 is 10.5 Å². The molecular weight excluding hydrogens is 304 g/mol. The maximum Gasteiger partial charge on any atom is 0.282 e. The van der Waals surface area contributed by atoms with E-state index in [4.69, 9.17) is 5.73 Å². The third-order valence-electron chi connectivity index (χ3n) is 2.47. The van der Waals surface area contributed by atoms with E-state index in [9.17, 15) is 22.0 Å². The van der Waals surface area contributed by atoms with Crippen molar-refractivity contribution < 1.29 is 22.0 Å². The summed E-state index contributed by atoms with van der Waals surface area (Å²) in [6, 6.07) is 4.99. The summed E-state index contributed by atoms with van der Waals surface area (Å²) in [6.45, 7) is 0. The number of rotatable bonds is 4. The van der Waals surface area contributed by atoms with Gasteiger partial charge in [-0.3, -0.25) is 9.52 Å². The third kappa shape index (κ3) is 3.14. The zero-order valence-electron chi connectivity index (χ0n) is 10.4. The molecule has 2 rings (SSSR count). The van der Waals surface area contributed by atoms with Crippen LogP contribution in [0.1, 0.15) is 10.4 Å². The minimum Gasteiger partial charge on any atom is -0.366 e. The van der Waals surface area contributed by atoms with Crippen molar-refractivity contribution in [2.75, 3.05) is 4.72 Å². The Morgan fingerprint density at radius 3 is 2.52 bits per heavy atom. The molecule has 3 N–H and O–H groups in total. The second kappa shape index (κ2) is 5.44. The molecule has 0 saturated heterocycles. The largest absolute Gasteiger partial charge is 0.366 e. The van der Waals surface area contributed by atoms with Crippen molar-refractivity contribution in [3.8, 4) is 0 Å². The highest BCUT2D eigenvalue weighted by Gasteiger charge is 2.22. The number of hydrogen-bond donors (Lipinski definition) is 2. The Hall–Kier alpha value is -2.55. The number of pyridine rings is 1. The highest BCUT2D eigenvalue weighted by atomic mass is 32.2. The number of benzene rings is 1. The summed E-state index contributed by atoms with van der Waals surface area (Å²) in [5.41, 5.74) is 4.39. The minimum atomic E-state index is -4.44. The number of sulfonamides is 1. The maximum atomic E-state index is 13.6. The molecule has 110 valence electrons. The number of nitrogens with one attached hydrogen (secondary N) is 1. The molecule has 0 radical (unpaired) electrons. The molecular formula is C12H9F2N3O3S. The van der Waals surface area contributed by atoms with E-state index in [1.807, 2.05) is 4.72 Å². The number of nitrogens with zero attached hydrogens (tertiary/aromatic N) is 1.